The number of ether oxygens (including phenoxy) is 1. The second-order valence-corrected chi connectivity index (χ2v) is 6.22. The highest BCUT2D eigenvalue weighted by molar-refractivity contribution is 5.95. The molecule has 0 saturated heterocycles. The summed E-state index contributed by atoms with van der Waals surface area (Å²) >= 11 is 0. The molecule has 0 heterocycles. The van der Waals surface area contributed by atoms with Gasteiger partial charge in [0.2, 0.25) is 0 Å². The molecule has 0 fully saturated rings. The second-order valence-electron chi connectivity index (χ2n) is 6.22. The van der Waals surface area contributed by atoms with Gasteiger partial charge in [0.25, 0.3) is 0 Å². The first-order valence-electron chi connectivity index (χ1n) is 9.34. The first kappa shape index (κ1) is 24.1. The monoisotopic (exact) mass is 419 g/mol. The van der Waals surface area contributed by atoms with Crippen LogP contribution in [0.25, 0.3) is 0 Å². The SMILES string of the molecule is CCOc1cc(C(Nc2ccc(C(=N)N)cc2)C(=O)[O-])ccc1N(CC)CC.Cl. The largest absolute Gasteiger partial charge is 0.548 e. The van der Waals surface area contributed by atoms with Crippen molar-refractivity contribution in [2.75, 3.05) is 29.9 Å². The van der Waals surface area contributed by atoms with Gasteiger partial charge >= 0.3 is 0 Å². The predicted octanol–water partition coefficient (Wildman–Crippen LogP) is 2.54. The Morgan fingerprint density at radius 1 is 1.17 bits per heavy atom. The van der Waals surface area contributed by atoms with Crippen LogP contribution in [-0.4, -0.2) is 31.5 Å². The Kier molecular flexibility index (Phi) is 9.28. The minimum absolute atomic E-state index is 0. The fraction of sp³-hybridized carbons (Fsp3) is 0.333. The van der Waals surface area contributed by atoms with Crippen molar-refractivity contribution in [1.82, 2.24) is 0 Å². The molecule has 0 aromatic heterocycles. The number of halogens is 1. The van der Waals surface area contributed by atoms with Crippen LogP contribution in [0.1, 0.15) is 37.9 Å². The molecule has 0 aliphatic carbocycles. The molecule has 0 bridgehead atoms. The summed E-state index contributed by atoms with van der Waals surface area (Å²) in [6.45, 7) is 8.13. The second kappa shape index (κ2) is 11.2. The van der Waals surface area contributed by atoms with Crippen molar-refractivity contribution in [3.8, 4) is 5.75 Å². The van der Waals surface area contributed by atoms with E-state index in [2.05, 4.69) is 24.1 Å². The third kappa shape index (κ3) is 6.02. The van der Waals surface area contributed by atoms with E-state index in [-0.39, 0.29) is 18.2 Å². The standard InChI is InChI=1S/C21H28N4O3.ClH/c1-4-25(5-2)17-12-9-15(13-18(17)28-6-3)19(21(26)27)24-16-10-7-14(8-11-16)20(22)23;/h7-13,19,24H,4-6H2,1-3H3,(H3,22,23)(H,26,27);1H/p-1. The van der Waals surface area contributed by atoms with Crippen LogP contribution >= 0.6 is 12.4 Å². The van der Waals surface area contributed by atoms with E-state index in [1.54, 1.807) is 36.4 Å². The maximum atomic E-state index is 11.8. The van der Waals surface area contributed by atoms with Crippen molar-refractivity contribution in [2.45, 2.75) is 26.8 Å². The summed E-state index contributed by atoms with van der Waals surface area (Å²) in [5, 5.41) is 22.2. The lowest BCUT2D eigenvalue weighted by molar-refractivity contribution is -0.307. The highest BCUT2D eigenvalue weighted by Gasteiger charge is 2.17. The van der Waals surface area contributed by atoms with E-state index >= 15 is 0 Å². The average Bonchev–Trinajstić information content (AvgIpc) is 2.68. The highest BCUT2D eigenvalue weighted by atomic mass is 35.5. The normalized spacial score (nSPS) is 11.1. The van der Waals surface area contributed by atoms with Crippen LogP contribution in [0, 0.1) is 5.41 Å². The van der Waals surface area contributed by atoms with Crippen molar-refractivity contribution in [1.29, 1.82) is 5.41 Å². The van der Waals surface area contributed by atoms with Crippen molar-refractivity contribution >= 4 is 35.6 Å². The maximum absolute atomic E-state index is 11.8. The molecule has 2 aromatic rings. The first-order valence-corrected chi connectivity index (χ1v) is 9.34. The third-order valence-electron chi connectivity index (χ3n) is 4.46. The number of amidine groups is 1. The van der Waals surface area contributed by atoms with E-state index in [1.165, 1.54) is 0 Å². The molecular weight excluding hydrogens is 392 g/mol. The summed E-state index contributed by atoms with van der Waals surface area (Å²) < 4.78 is 5.76. The quantitative estimate of drug-likeness (QED) is 0.402. The molecule has 0 aliphatic heterocycles. The van der Waals surface area contributed by atoms with Gasteiger partial charge in [-0.2, -0.15) is 0 Å². The molecule has 1 atom stereocenters. The Bertz CT molecular complexity index is 823. The fourth-order valence-corrected chi connectivity index (χ4v) is 3.00. The van der Waals surface area contributed by atoms with Crippen LogP contribution < -0.4 is 25.8 Å². The zero-order valence-electron chi connectivity index (χ0n) is 16.9. The number of nitrogens with zero attached hydrogens (tertiary/aromatic N) is 1. The number of rotatable bonds is 10. The van der Waals surface area contributed by atoms with Crippen LogP contribution in [0.4, 0.5) is 11.4 Å². The van der Waals surface area contributed by atoms with Crippen LogP contribution in [0.3, 0.4) is 0 Å². The van der Waals surface area contributed by atoms with Gasteiger partial charge in [-0.25, -0.2) is 0 Å². The predicted molar refractivity (Wildman–Crippen MR) is 117 cm³/mol. The molecule has 2 rings (SSSR count). The van der Waals surface area contributed by atoms with Gasteiger partial charge in [-0.1, -0.05) is 6.07 Å². The molecule has 7 nitrogen and oxygen atoms in total. The summed E-state index contributed by atoms with van der Waals surface area (Å²) in [6.07, 6.45) is 0. The van der Waals surface area contributed by atoms with E-state index in [4.69, 9.17) is 15.9 Å². The van der Waals surface area contributed by atoms with Crippen molar-refractivity contribution in [3.05, 3.63) is 53.6 Å². The Morgan fingerprint density at radius 3 is 2.28 bits per heavy atom. The maximum Gasteiger partial charge on any atom is 0.142 e. The Morgan fingerprint density at radius 2 is 1.79 bits per heavy atom. The number of nitrogens with one attached hydrogen (secondary N) is 2. The van der Waals surface area contributed by atoms with Gasteiger partial charge < -0.3 is 30.6 Å². The first-order chi connectivity index (χ1) is 13.4. The molecule has 4 N–H and O–H groups in total. The van der Waals surface area contributed by atoms with Crippen LogP contribution in [0.5, 0.6) is 5.75 Å². The molecule has 0 saturated carbocycles. The van der Waals surface area contributed by atoms with Crippen molar-refractivity contribution in [2.24, 2.45) is 5.73 Å². The van der Waals surface area contributed by atoms with Gasteiger partial charge in [0, 0.05) is 24.3 Å². The van der Waals surface area contributed by atoms with Crippen LogP contribution in [-0.2, 0) is 4.79 Å². The number of benzene rings is 2. The molecule has 29 heavy (non-hydrogen) atoms. The van der Waals surface area contributed by atoms with Gasteiger partial charge in [-0.3, -0.25) is 5.41 Å². The van der Waals surface area contributed by atoms with Gasteiger partial charge in [-0.05, 0) is 62.7 Å². The molecule has 1 unspecified atom stereocenters. The van der Waals surface area contributed by atoms with Gasteiger partial charge in [0.15, 0.2) is 0 Å². The van der Waals surface area contributed by atoms with E-state index in [0.717, 1.165) is 18.8 Å². The number of anilines is 2. The number of carboxylic acid groups (broad SMARTS) is 1. The molecule has 0 spiro atoms. The minimum atomic E-state index is -1.24. The molecule has 0 amide bonds. The zero-order valence-corrected chi connectivity index (χ0v) is 17.7. The lowest BCUT2D eigenvalue weighted by Crippen LogP contribution is -2.34. The number of aliphatic carboxylic acids is 1. The highest BCUT2D eigenvalue weighted by Crippen LogP contribution is 2.32. The number of carbonyl (C=O) groups excluding carboxylic acids is 1. The van der Waals surface area contributed by atoms with Gasteiger partial charge in [0.1, 0.15) is 11.6 Å². The molecule has 158 valence electrons. The smallest absolute Gasteiger partial charge is 0.142 e. The summed E-state index contributed by atoms with van der Waals surface area (Å²) in [5.74, 6) is -0.645. The number of hydrogen-bond donors (Lipinski definition) is 3. The van der Waals surface area contributed by atoms with Crippen LogP contribution in [0.2, 0.25) is 0 Å². The van der Waals surface area contributed by atoms with E-state index in [9.17, 15) is 9.90 Å². The third-order valence-corrected chi connectivity index (χ3v) is 4.46. The van der Waals surface area contributed by atoms with E-state index in [0.29, 0.717) is 29.2 Å². The Balaban J connectivity index is 0.00000420. The van der Waals surface area contributed by atoms with Gasteiger partial charge in [-0.15, -0.1) is 12.4 Å². The van der Waals surface area contributed by atoms with E-state index in [1.807, 2.05) is 13.0 Å². The lowest BCUT2D eigenvalue weighted by Gasteiger charge is -2.26. The topological polar surface area (TPSA) is 114 Å². The van der Waals surface area contributed by atoms with Crippen molar-refractivity contribution < 1.29 is 14.6 Å². The molecule has 2 aromatic carbocycles. The van der Waals surface area contributed by atoms with E-state index < -0.39 is 12.0 Å². The number of carboxylic acids is 1. The Labute approximate surface area is 177 Å². The summed E-state index contributed by atoms with van der Waals surface area (Å²) in [5.41, 5.74) is 8.07. The summed E-state index contributed by atoms with van der Waals surface area (Å²) in [6, 6.07) is 11.0. The van der Waals surface area contributed by atoms with Crippen molar-refractivity contribution in [3.63, 3.8) is 0 Å². The lowest BCUT2D eigenvalue weighted by atomic mass is 10.0. The summed E-state index contributed by atoms with van der Waals surface area (Å²) in [7, 11) is 0. The number of hydrogen-bond acceptors (Lipinski definition) is 6. The number of nitrogens with two attached hydrogens (primary N) is 1. The number of nitrogen functional groups attached to an aromatic ring is 1. The average molecular weight is 420 g/mol. The molecule has 0 radical (unpaired) electrons. The Hall–Kier alpha value is -2.93. The molecule has 8 heteroatoms. The summed E-state index contributed by atoms with van der Waals surface area (Å²) in [4.78, 5) is 14.0. The minimum Gasteiger partial charge on any atom is -0.548 e. The molecular formula is C21H28ClN4O3-. The van der Waals surface area contributed by atoms with Crippen LogP contribution in [0.15, 0.2) is 42.5 Å². The number of carbonyl (C=O) groups is 1. The zero-order chi connectivity index (χ0) is 20.7. The molecule has 0 aliphatic rings. The van der Waals surface area contributed by atoms with Gasteiger partial charge in [0.05, 0.1) is 24.3 Å². The fourth-order valence-electron chi connectivity index (χ4n) is 3.00.